The molecule has 1 atom stereocenters. The van der Waals surface area contributed by atoms with Gasteiger partial charge in [0.2, 0.25) is 5.82 Å². The third kappa shape index (κ3) is 2.74. The summed E-state index contributed by atoms with van der Waals surface area (Å²) < 4.78 is 5.75. The van der Waals surface area contributed by atoms with Gasteiger partial charge in [-0.2, -0.15) is 5.21 Å². The van der Waals surface area contributed by atoms with Crippen LogP contribution >= 0.6 is 23.2 Å². The minimum absolute atomic E-state index is 0.131. The summed E-state index contributed by atoms with van der Waals surface area (Å²) in [4.78, 5) is 0. The van der Waals surface area contributed by atoms with E-state index in [0.717, 1.165) is 30.4 Å². The van der Waals surface area contributed by atoms with Crippen LogP contribution in [0.1, 0.15) is 49.6 Å². The number of nitrogens with zero attached hydrogens (tertiary/aromatic N) is 4. The standard InChI is InChI=1S/C17H19Cl2N5O2/c1-17(10-4-2-3-5-10)7-9-6-11(26-8-12-20-23-24-21-12)14(18)15(19)13(9)16(17)22-25/h6,10,25H,2-5,7-8H2,1H3,(H,20,21,23,24). The van der Waals surface area contributed by atoms with E-state index in [1.165, 1.54) is 12.8 Å². The summed E-state index contributed by atoms with van der Waals surface area (Å²) in [5.41, 5.74) is 2.12. The van der Waals surface area contributed by atoms with E-state index in [4.69, 9.17) is 27.9 Å². The Labute approximate surface area is 160 Å². The summed E-state index contributed by atoms with van der Waals surface area (Å²) in [6.07, 6.45) is 5.44. The molecule has 138 valence electrons. The highest BCUT2D eigenvalue weighted by molar-refractivity contribution is 6.45. The van der Waals surface area contributed by atoms with Crippen LogP contribution in [0.15, 0.2) is 11.2 Å². The lowest BCUT2D eigenvalue weighted by Gasteiger charge is -2.31. The van der Waals surface area contributed by atoms with E-state index in [1.54, 1.807) is 0 Å². The fraction of sp³-hybridized carbons (Fsp3) is 0.529. The van der Waals surface area contributed by atoms with Crippen LogP contribution in [0.3, 0.4) is 0 Å². The van der Waals surface area contributed by atoms with Gasteiger partial charge in [-0.1, -0.05) is 53.3 Å². The van der Waals surface area contributed by atoms with Crippen molar-refractivity contribution < 1.29 is 9.94 Å². The first-order valence-electron chi connectivity index (χ1n) is 8.63. The Hall–Kier alpha value is -1.86. The second-order valence-electron chi connectivity index (χ2n) is 7.18. The van der Waals surface area contributed by atoms with Crippen molar-refractivity contribution in [3.63, 3.8) is 0 Å². The normalized spacial score (nSPS) is 24.3. The van der Waals surface area contributed by atoms with Crippen LogP contribution in [0.4, 0.5) is 0 Å². The highest BCUT2D eigenvalue weighted by atomic mass is 35.5. The number of rotatable bonds is 4. The smallest absolute Gasteiger partial charge is 0.211 e. The molecule has 2 aromatic rings. The SMILES string of the molecule is CC1(C2CCCC2)Cc2cc(OCc3nn[nH]n3)c(Cl)c(Cl)c2C1=NO. The van der Waals surface area contributed by atoms with E-state index in [0.29, 0.717) is 33.2 Å². The van der Waals surface area contributed by atoms with Crippen LogP contribution in [-0.4, -0.2) is 31.5 Å². The zero-order valence-electron chi connectivity index (χ0n) is 14.3. The summed E-state index contributed by atoms with van der Waals surface area (Å²) in [6, 6.07) is 1.88. The van der Waals surface area contributed by atoms with Crippen LogP contribution in [0.25, 0.3) is 0 Å². The predicted molar refractivity (Wildman–Crippen MR) is 97.1 cm³/mol. The van der Waals surface area contributed by atoms with Crippen molar-refractivity contribution in [2.75, 3.05) is 0 Å². The van der Waals surface area contributed by atoms with E-state index in [2.05, 4.69) is 32.7 Å². The summed E-state index contributed by atoms with van der Waals surface area (Å²) in [5, 5.41) is 27.6. The van der Waals surface area contributed by atoms with Gasteiger partial charge in [0.25, 0.3) is 0 Å². The van der Waals surface area contributed by atoms with Crippen LogP contribution in [0.2, 0.25) is 10.0 Å². The maximum absolute atomic E-state index is 9.75. The fourth-order valence-corrected chi connectivity index (χ4v) is 4.88. The molecule has 1 saturated carbocycles. The van der Waals surface area contributed by atoms with Gasteiger partial charge in [-0.3, -0.25) is 0 Å². The van der Waals surface area contributed by atoms with Gasteiger partial charge in [0.05, 0.1) is 10.7 Å². The second kappa shape index (κ2) is 6.70. The van der Waals surface area contributed by atoms with Crippen molar-refractivity contribution in [2.45, 2.75) is 45.6 Å². The molecule has 4 rings (SSSR count). The Bertz CT molecular complexity index is 849. The van der Waals surface area contributed by atoms with E-state index in [-0.39, 0.29) is 12.0 Å². The number of aromatic nitrogens is 4. The number of oxime groups is 1. The number of hydrogen-bond acceptors (Lipinski definition) is 6. The van der Waals surface area contributed by atoms with Gasteiger partial charge in [0.1, 0.15) is 10.8 Å². The first-order valence-corrected chi connectivity index (χ1v) is 9.39. The third-order valence-corrected chi connectivity index (χ3v) is 6.54. The number of tetrazole rings is 1. The van der Waals surface area contributed by atoms with Crippen LogP contribution in [0, 0.1) is 11.3 Å². The van der Waals surface area contributed by atoms with Crippen molar-refractivity contribution in [1.82, 2.24) is 20.6 Å². The monoisotopic (exact) mass is 395 g/mol. The number of hydrogen-bond donors (Lipinski definition) is 2. The number of fused-ring (bicyclic) bond motifs is 1. The van der Waals surface area contributed by atoms with Gasteiger partial charge in [-0.05, 0) is 36.8 Å². The quantitative estimate of drug-likeness (QED) is 0.601. The molecule has 2 aliphatic carbocycles. The van der Waals surface area contributed by atoms with Crippen molar-refractivity contribution in [1.29, 1.82) is 0 Å². The molecule has 7 nitrogen and oxygen atoms in total. The Morgan fingerprint density at radius 3 is 2.77 bits per heavy atom. The number of benzene rings is 1. The predicted octanol–water partition coefficient (Wildman–Crippen LogP) is 4.02. The molecule has 9 heteroatoms. The van der Waals surface area contributed by atoms with Gasteiger partial charge in [0, 0.05) is 11.0 Å². The van der Waals surface area contributed by atoms with Crippen LogP contribution < -0.4 is 4.74 Å². The zero-order chi connectivity index (χ0) is 18.3. The number of halogens is 2. The van der Waals surface area contributed by atoms with Gasteiger partial charge >= 0.3 is 0 Å². The molecule has 0 aliphatic heterocycles. The Kier molecular flexibility index (Phi) is 4.52. The molecule has 0 amide bonds. The minimum Gasteiger partial charge on any atom is -0.484 e. The minimum atomic E-state index is -0.243. The molecule has 2 aliphatic rings. The van der Waals surface area contributed by atoms with Gasteiger partial charge in [-0.15, -0.1) is 10.2 Å². The molecule has 26 heavy (non-hydrogen) atoms. The Morgan fingerprint density at radius 2 is 2.12 bits per heavy atom. The summed E-state index contributed by atoms with van der Waals surface area (Å²) in [6.45, 7) is 2.29. The lowest BCUT2D eigenvalue weighted by atomic mass is 9.72. The van der Waals surface area contributed by atoms with Crippen molar-refractivity contribution in [3.8, 4) is 5.75 Å². The molecule has 1 fully saturated rings. The molecule has 0 saturated heterocycles. The highest BCUT2D eigenvalue weighted by Gasteiger charge is 2.48. The van der Waals surface area contributed by atoms with Gasteiger partial charge in [-0.25, -0.2) is 0 Å². The number of H-pyrrole nitrogens is 1. The molecule has 1 aromatic carbocycles. The molecular weight excluding hydrogens is 377 g/mol. The highest BCUT2D eigenvalue weighted by Crippen LogP contribution is 2.52. The summed E-state index contributed by atoms with van der Waals surface area (Å²) >= 11 is 13.0. The molecule has 2 N–H and O–H groups in total. The molecule has 1 heterocycles. The average molecular weight is 396 g/mol. The van der Waals surface area contributed by atoms with Crippen LogP contribution in [-0.2, 0) is 13.0 Å². The summed E-state index contributed by atoms with van der Waals surface area (Å²) in [7, 11) is 0. The molecular formula is C17H19Cl2N5O2. The maximum atomic E-state index is 9.75. The van der Waals surface area contributed by atoms with E-state index in [9.17, 15) is 5.21 Å². The van der Waals surface area contributed by atoms with Crippen LogP contribution in [0.5, 0.6) is 5.75 Å². The van der Waals surface area contributed by atoms with Crippen molar-refractivity contribution >= 4 is 28.9 Å². The van der Waals surface area contributed by atoms with Crippen molar-refractivity contribution in [2.24, 2.45) is 16.5 Å². The van der Waals surface area contributed by atoms with Gasteiger partial charge < -0.3 is 9.94 Å². The molecule has 0 bridgehead atoms. The van der Waals surface area contributed by atoms with Gasteiger partial charge in [0.15, 0.2) is 6.61 Å². The Morgan fingerprint density at radius 1 is 1.35 bits per heavy atom. The maximum Gasteiger partial charge on any atom is 0.211 e. The molecule has 1 unspecified atom stereocenters. The molecule has 0 radical (unpaired) electrons. The lowest BCUT2D eigenvalue weighted by molar-refractivity contribution is 0.267. The average Bonchev–Trinajstić information content (AvgIpc) is 3.36. The first-order chi connectivity index (χ1) is 12.5. The van der Waals surface area contributed by atoms with E-state index in [1.807, 2.05) is 6.07 Å². The van der Waals surface area contributed by atoms with Crippen molar-refractivity contribution in [3.05, 3.63) is 33.1 Å². The van der Waals surface area contributed by atoms with E-state index < -0.39 is 0 Å². The first kappa shape index (κ1) is 17.5. The molecule has 0 spiro atoms. The molecule has 1 aromatic heterocycles. The topological polar surface area (TPSA) is 96.3 Å². The third-order valence-electron chi connectivity index (χ3n) is 5.69. The second-order valence-corrected chi connectivity index (χ2v) is 7.93. The van der Waals surface area contributed by atoms with E-state index >= 15 is 0 Å². The zero-order valence-corrected chi connectivity index (χ0v) is 15.8. The summed E-state index contributed by atoms with van der Waals surface area (Å²) in [5.74, 6) is 1.36. The fourth-order valence-electron chi connectivity index (χ4n) is 4.37. The number of aromatic amines is 1. The lowest BCUT2D eigenvalue weighted by Crippen LogP contribution is -2.32. The number of nitrogens with one attached hydrogen (secondary N) is 1. The Balaban J connectivity index is 1.69. The number of ether oxygens (including phenoxy) is 1. The largest absolute Gasteiger partial charge is 0.484 e.